The fraction of sp³-hybridized carbons (Fsp3) is 0.381. The molecule has 30 heavy (non-hydrogen) atoms. The summed E-state index contributed by atoms with van der Waals surface area (Å²) in [6.45, 7) is 6.56. The van der Waals surface area contributed by atoms with Crippen molar-refractivity contribution < 1.29 is 24.3 Å². The van der Waals surface area contributed by atoms with E-state index in [4.69, 9.17) is 9.47 Å². The van der Waals surface area contributed by atoms with Crippen LogP contribution in [0.25, 0.3) is 0 Å². The molecule has 0 saturated carbocycles. The van der Waals surface area contributed by atoms with Crippen molar-refractivity contribution in [2.45, 2.75) is 40.0 Å². The highest BCUT2D eigenvalue weighted by molar-refractivity contribution is 9.10. The maximum absolute atomic E-state index is 11.4. The number of ether oxygens (including phenoxy) is 2. The summed E-state index contributed by atoms with van der Waals surface area (Å²) in [4.78, 5) is 21.7. The summed E-state index contributed by atoms with van der Waals surface area (Å²) in [6.07, 6.45) is 0. The van der Waals surface area contributed by atoms with E-state index < -0.39 is 16.9 Å². The van der Waals surface area contributed by atoms with Gasteiger partial charge in [0, 0.05) is 23.2 Å². The first-order chi connectivity index (χ1) is 14.2. The highest BCUT2D eigenvalue weighted by Gasteiger charge is 2.21. The van der Waals surface area contributed by atoms with Gasteiger partial charge in [0.2, 0.25) is 0 Å². The van der Waals surface area contributed by atoms with Crippen LogP contribution in [0.4, 0.5) is 5.69 Å². The highest BCUT2D eigenvalue weighted by atomic mass is 79.9. The number of aliphatic carboxylic acids is 1. The Labute approximate surface area is 183 Å². The molecule has 1 atom stereocenters. The number of hydrogen-bond donors (Lipinski definition) is 2. The van der Waals surface area contributed by atoms with E-state index >= 15 is 0 Å². The molecule has 9 heteroatoms. The first-order valence-electron chi connectivity index (χ1n) is 9.50. The Kier molecular flexibility index (Phi) is 8.61. The lowest BCUT2D eigenvalue weighted by Gasteiger charge is -2.20. The Bertz CT molecular complexity index is 886. The molecule has 162 valence electrons. The Hall–Kier alpha value is -2.65. The summed E-state index contributed by atoms with van der Waals surface area (Å²) in [5.74, 6) is 0.103. The summed E-state index contributed by atoms with van der Waals surface area (Å²) in [5, 5.41) is 23.2. The second kappa shape index (κ2) is 10.9. The van der Waals surface area contributed by atoms with Gasteiger partial charge in [-0.15, -0.1) is 0 Å². The van der Waals surface area contributed by atoms with Gasteiger partial charge in [-0.25, -0.2) is 0 Å². The number of nitrogens with zero attached hydrogens (tertiary/aromatic N) is 1. The minimum Gasteiger partial charge on any atom is -0.490 e. The van der Waals surface area contributed by atoms with E-state index in [0.717, 1.165) is 15.6 Å². The minimum absolute atomic E-state index is 0.0226. The van der Waals surface area contributed by atoms with Gasteiger partial charge in [0.15, 0.2) is 11.5 Å². The van der Waals surface area contributed by atoms with Crippen molar-refractivity contribution in [3.05, 3.63) is 62.1 Å². The third kappa shape index (κ3) is 6.43. The van der Waals surface area contributed by atoms with Crippen molar-refractivity contribution in [3.8, 4) is 11.5 Å². The number of nitro groups is 1. The van der Waals surface area contributed by atoms with E-state index in [0.29, 0.717) is 24.7 Å². The first-order valence-corrected chi connectivity index (χ1v) is 10.3. The van der Waals surface area contributed by atoms with Gasteiger partial charge in [0.1, 0.15) is 12.6 Å². The zero-order valence-corrected chi connectivity index (χ0v) is 18.6. The fourth-order valence-electron chi connectivity index (χ4n) is 2.80. The monoisotopic (exact) mass is 480 g/mol. The van der Waals surface area contributed by atoms with Crippen LogP contribution in [-0.4, -0.2) is 28.6 Å². The van der Waals surface area contributed by atoms with Crippen LogP contribution in [0.2, 0.25) is 0 Å². The Morgan fingerprint density at radius 3 is 2.37 bits per heavy atom. The molecule has 0 amide bonds. The number of benzene rings is 2. The third-order valence-corrected chi connectivity index (χ3v) is 5.14. The number of non-ortho nitro benzene ring substituents is 1. The van der Waals surface area contributed by atoms with Crippen LogP contribution in [0.1, 0.15) is 31.9 Å². The minimum atomic E-state index is -0.894. The zero-order valence-electron chi connectivity index (χ0n) is 17.1. The van der Waals surface area contributed by atoms with Crippen LogP contribution in [0, 0.1) is 16.0 Å². The molecule has 2 aromatic carbocycles. The van der Waals surface area contributed by atoms with Crippen LogP contribution in [0.3, 0.4) is 0 Å². The Balaban J connectivity index is 2.15. The summed E-state index contributed by atoms with van der Waals surface area (Å²) in [5.41, 5.74) is 1.65. The van der Waals surface area contributed by atoms with Gasteiger partial charge < -0.3 is 19.9 Å². The van der Waals surface area contributed by atoms with Gasteiger partial charge in [0.05, 0.1) is 11.5 Å². The smallest absolute Gasteiger partial charge is 0.320 e. The van der Waals surface area contributed by atoms with Crippen molar-refractivity contribution in [2.24, 2.45) is 5.92 Å². The molecule has 2 rings (SSSR count). The maximum atomic E-state index is 11.4. The lowest BCUT2D eigenvalue weighted by molar-refractivity contribution is -0.384. The second-order valence-corrected chi connectivity index (χ2v) is 7.83. The number of rotatable bonds is 11. The van der Waals surface area contributed by atoms with E-state index in [1.165, 1.54) is 12.1 Å². The normalized spacial score (nSPS) is 11.9. The van der Waals surface area contributed by atoms with Crippen molar-refractivity contribution in [1.82, 2.24) is 5.32 Å². The van der Waals surface area contributed by atoms with Gasteiger partial charge in [0.25, 0.3) is 5.69 Å². The molecule has 0 saturated heterocycles. The van der Waals surface area contributed by atoms with E-state index in [1.807, 2.05) is 26.8 Å². The van der Waals surface area contributed by atoms with Crippen LogP contribution in [-0.2, 0) is 17.9 Å². The summed E-state index contributed by atoms with van der Waals surface area (Å²) in [6, 6.07) is 9.07. The first kappa shape index (κ1) is 23.6. The number of carboxylic acid groups (broad SMARTS) is 1. The maximum Gasteiger partial charge on any atom is 0.320 e. The Morgan fingerprint density at radius 1 is 1.20 bits per heavy atom. The average Bonchev–Trinajstić information content (AvgIpc) is 2.68. The number of nitro benzene ring substituents is 1. The predicted molar refractivity (Wildman–Crippen MR) is 116 cm³/mol. The Morgan fingerprint density at radius 2 is 1.83 bits per heavy atom. The standard InChI is InChI=1S/C21H25BrN2O6/c1-4-29-18-9-15(11-23-20(13(2)3)21(25)26)17(22)10-19(18)30-12-14-5-7-16(8-6-14)24(27)28/h5-10,13,20,23H,4,11-12H2,1-3H3,(H,25,26). The number of hydrogen-bond acceptors (Lipinski definition) is 6. The summed E-state index contributed by atoms with van der Waals surface area (Å²) in [7, 11) is 0. The molecule has 2 aromatic rings. The molecule has 0 fully saturated rings. The number of carboxylic acids is 1. The van der Waals surface area contributed by atoms with Crippen molar-refractivity contribution in [1.29, 1.82) is 0 Å². The molecule has 0 spiro atoms. The molecule has 2 N–H and O–H groups in total. The quantitative estimate of drug-likeness (QED) is 0.358. The van der Waals surface area contributed by atoms with E-state index in [9.17, 15) is 20.0 Å². The molecule has 0 aliphatic carbocycles. The number of nitrogens with one attached hydrogen (secondary N) is 1. The van der Waals surface area contributed by atoms with Crippen LogP contribution in [0.5, 0.6) is 11.5 Å². The molecule has 0 aromatic heterocycles. The van der Waals surface area contributed by atoms with Gasteiger partial charge in [-0.3, -0.25) is 14.9 Å². The number of halogens is 1. The molecule has 8 nitrogen and oxygen atoms in total. The van der Waals surface area contributed by atoms with Gasteiger partial charge in [-0.05, 0) is 48.2 Å². The molecule has 0 aliphatic rings. The fourth-order valence-corrected chi connectivity index (χ4v) is 3.26. The van der Waals surface area contributed by atoms with E-state index in [1.54, 1.807) is 18.2 Å². The topological polar surface area (TPSA) is 111 Å². The lowest BCUT2D eigenvalue weighted by atomic mass is 10.0. The zero-order chi connectivity index (χ0) is 22.3. The SMILES string of the molecule is CCOc1cc(CNC(C(=O)O)C(C)C)c(Br)cc1OCc1ccc([N+](=O)[O-])cc1. The van der Waals surface area contributed by atoms with E-state index in [2.05, 4.69) is 21.2 Å². The van der Waals surface area contributed by atoms with Gasteiger partial charge in [-0.2, -0.15) is 0 Å². The molecular formula is C21H25BrN2O6. The van der Waals surface area contributed by atoms with Crippen molar-refractivity contribution >= 4 is 27.6 Å². The summed E-state index contributed by atoms with van der Waals surface area (Å²) < 4.78 is 12.3. The van der Waals surface area contributed by atoms with Crippen molar-refractivity contribution in [3.63, 3.8) is 0 Å². The second-order valence-electron chi connectivity index (χ2n) is 6.98. The van der Waals surface area contributed by atoms with E-state index in [-0.39, 0.29) is 18.2 Å². The van der Waals surface area contributed by atoms with Gasteiger partial charge >= 0.3 is 5.97 Å². The largest absolute Gasteiger partial charge is 0.490 e. The molecular weight excluding hydrogens is 456 g/mol. The lowest BCUT2D eigenvalue weighted by Crippen LogP contribution is -2.40. The highest BCUT2D eigenvalue weighted by Crippen LogP contribution is 2.34. The molecule has 1 unspecified atom stereocenters. The molecule has 0 radical (unpaired) electrons. The van der Waals surface area contributed by atoms with Crippen LogP contribution in [0.15, 0.2) is 40.9 Å². The predicted octanol–water partition coefficient (Wildman–Crippen LogP) is 4.53. The average molecular weight is 481 g/mol. The van der Waals surface area contributed by atoms with Crippen LogP contribution < -0.4 is 14.8 Å². The van der Waals surface area contributed by atoms with Crippen molar-refractivity contribution in [2.75, 3.05) is 6.61 Å². The molecule has 0 heterocycles. The molecule has 0 bridgehead atoms. The third-order valence-electron chi connectivity index (χ3n) is 4.40. The van der Waals surface area contributed by atoms with Crippen LogP contribution >= 0.6 is 15.9 Å². The van der Waals surface area contributed by atoms with Gasteiger partial charge in [-0.1, -0.05) is 29.8 Å². The summed E-state index contributed by atoms with van der Waals surface area (Å²) >= 11 is 3.51. The number of carbonyl (C=O) groups is 1. The molecule has 0 aliphatic heterocycles.